The van der Waals surface area contributed by atoms with E-state index < -0.39 is 11.5 Å². The lowest BCUT2D eigenvalue weighted by Crippen LogP contribution is -2.52. The lowest BCUT2D eigenvalue weighted by Gasteiger charge is -2.27. The molecule has 0 aliphatic heterocycles. The molecule has 0 saturated carbocycles. The van der Waals surface area contributed by atoms with Crippen LogP contribution in [0.25, 0.3) is 0 Å². The number of ketones is 1. The molecule has 2 N–H and O–H groups in total. The van der Waals surface area contributed by atoms with Crippen molar-refractivity contribution in [2.45, 2.75) is 39.2 Å². The van der Waals surface area contributed by atoms with E-state index in [1.807, 2.05) is 0 Å². The average molecular weight is 307 g/mol. The monoisotopic (exact) mass is 307 g/mol. The minimum absolute atomic E-state index is 0.0698. The first kappa shape index (κ1) is 17.7. The number of ether oxygens (including phenoxy) is 1. The highest BCUT2D eigenvalue weighted by atomic mass is 16.5. The number of Topliss-reactive ketones (excluding diaryl/α,β-unsaturated/α-hetero) is 1. The Morgan fingerprint density at radius 3 is 2.32 bits per heavy atom. The molecule has 0 radical (unpaired) electrons. The Morgan fingerprint density at radius 1 is 1.23 bits per heavy atom. The highest BCUT2D eigenvalue weighted by Crippen LogP contribution is 2.18. The molecule has 1 atom stereocenters. The topological polar surface area (TPSA) is 92.7 Å². The first-order chi connectivity index (χ1) is 10.3. The number of carbonyl (C=O) groups excluding carboxylic acids is 3. The molecular formula is C16H21NO5. The van der Waals surface area contributed by atoms with E-state index in [4.69, 9.17) is 4.74 Å². The van der Waals surface area contributed by atoms with Gasteiger partial charge in [-0.05, 0) is 44.5 Å². The Bertz CT molecular complexity index is 552. The molecular weight excluding hydrogens is 286 g/mol. The maximum absolute atomic E-state index is 12.1. The highest BCUT2D eigenvalue weighted by Gasteiger charge is 2.36. The Morgan fingerprint density at radius 2 is 1.82 bits per heavy atom. The second-order valence-corrected chi connectivity index (χ2v) is 5.20. The normalized spacial score (nSPS) is 13.0. The molecule has 6 nitrogen and oxygen atoms in total. The van der Waals surface area contributed by atoms with Crippen LogP contribution in [0.4, 0.5) is 0 Å². The van der Waals surface area contributed by atoms with E-state index in [-0.39, 0.29) is 36.9 Å². The highest BCUT2D eigenvalue weighted by molar-refractivity contribution is 5.97. The van der Waals surface area contributed by atoms with Gasteiger partial charge in [0.1, 0.15) is 11.3 Å². The van der Waals surface area contributed by atoms with Crippen LogP contribution in [0, 0.1) is 0 Å². The second-order valence-electron chi connectivity index (χ2n) is 5.20. The maximum Gasteiger partial charge on any atom is 0.331 e. The van der Waals surface area contributed by atoms with Crippen molar-refractivity contribution in [3.63, 3.8) is 0 Å². The van der Waals surface area contributed by atoms with E-state index in [9.17, 15) is 19.5 Å². The van der Waals surface area contributed by atoms with Crippen LogP contribution >= 0.6 is 0 Å². The van der Waals surface area contributed by atoms with Gasteiger partial charge in [0.25, 0.3) is 0 Å². The number of rotatable bonds is 7. The van der Waals surface area contributed by atoms with Crippen LogP contribution in [-0.2, 0) is 14.3 Å². The fraction of sp³-hybridized carbons (Fsp3) is 0.438. The van der Waals surface area contributed by atoms with Crippen LogP contribution in [0.5, 0.6) is 5.75 Å². The molecule has 1 rings (SSSR count). The van der Waals surface area contributed by atoms with Crippen molar-refractivity contribution in [1.29, 1.82) is 0 Å². The van der Waals surface area contributed by atoms with E-state index in [0.717, 1.165) is 0 Å². The zero-order valence-electron chi connectivity index (χ0n) is 13.0. The molecule has 6 heteroatoms. The number of phenols is 1. The number of hydrogen-bond donors (Lipinski definition) is 2. The van der Waals surface area contributed by atoms with Gasteiger partial charge in [-0.15, -0.1) is 0 Å². The largest absolute Gasteiger partial charge is 0.508 e. The number of phenolic OH excluding ortho intramolecular Hbond substituents is 1. The van der Waals surface area contributed by atoms with Gasteiger partial charge in [0.15, 0.2) is 5.78 Å². The van der Waals surface area contributed by atoms with Crippen molar-refractivity contribution >= 4 is 17.7 Å². The van der Waals surface area contributed by atoms with Crippen LogP contribution < -0.4 is 5.32 Å². The Hall–Kier alpha value is -2.37. The van der Waals surface area contributed by atoms with Crippen molar-refractivity contribution in [3.8, 4) is 5.75 Å². The van der Waals surface area contributed by atoms with Gasteiger partial charge in [-0.25, -0.2) is 4.79 Å². The molecule has 120 valence electrons. The molecule has 0 aliphatic rings. The van der Waals surface area contributed by atoms with Crippen LogP contribution in [0.1, 0.15) is 44.0 Å². The van der Waals surface area contributed by atoms with Gasteiger partial charge >= 0.3 is 5.97 Å². The molecule has 1 unspecified atom stereocenters. The van der Waals surface area contributed by atoms with Gasteiger partial charge in [-0.2, -0.15) is 0 Å². The van der Waals surface area contributed by atoms with Crippen molar-refractivity contribution in [3.05, 3.63) is 29.8 Å². The quantitative estimate of drug-likeness (QED) is 0.592. The minimum Gasteiger partial charge on any atom is -0.508 e. The van der Waals surface area contributed by atoms with Gasteiger partial charge < -0.3 is 15.2 Å². The van der Waals surface area contributed by atoms with Crippen molar-refractivity contribution < 1.29 is 24.2 Å². The molecule has 0 aromatic heterocycles. The third kappa shape index (κ3) is 4.87. The number of carbonyl (C=O) groups is 3. The standard InChI is InChI=1S/C16H21NO5/c1-4-22-15(21)16(3,17-11(2)18)10-9-14(20)12-5-7-13(19)8-6-12/h5-8,19H,4,9-10H2,1-3H3,(H,17,18). The van der Waals surface area contributed by atoms with Crippen molar-refractivity contribution in [2.24, 2.45) is 0 Å². The average Bonchev–Trinajstić information content (AvgIpc) is 2.45. The number of esters is 1. The first-order valence-corrected chi connectivity index (χ1v) is 7.06. The summed E-state index contributed by atoms with van der Waals surface area (Å²) in [6, 6.07) is 5.87. The van der Waals surface area contributed by atoms with Crippen molar-refractivity contribution in [2.75, 3.05) is 6.61 Å². The summed E-state index contributed by atoms with van der Waals surface area (Å²) in [5.74, 6) is -1.04. The van der Waals surface area contributed by atoms with Crippen LogP contribution in [0.3, 0.4) is 0 Å². The SMILES string of the molecule is CCOC(=O)C(C)(CCC(=O)c1ccc(O)cc1)NC(C)=O. The van der Waals surface area contributed by atoms with E-state index in [1.165, 1.54) is 38.1 Å². The molecule has 1 aromatic carbocycles. The number of amides is 1. The smallest absolute Gasteiger partial charge is 0.331 e. The van der Waals surface area contributed by atoms with Gasteiger partial charge in [0, 0.05) is 18.9 Å². The number of nitrogens with one attached hydrogen (secondary N) is 1. The van der Waals surface area contributed by atoms with E-state index in [0.29, 0.717) is 5.56 Å². The summed E-state index contributed by atoms with van der Waals surface area (Å²) in [7, 11) is 0. The molecule has 0 spiro atoms. The van der Waals surface area contributed by atoms with Crippen LogP contribution in [0.2, 0.25) is 0 Å². The summed E-state index contributed by atoms with van der Waals surface area (Å²) in [5, 5.41) is 11.8. The van der Waals surface area contributed by atoms with E-state index >= 15 is 0 Å². The molecule has 0 heterocycles. The lowest BCUT2D eigenvalue weighted by atomic mass is 9.92. The first-order valence-electron chi connectivity index (χ1n) is 7.06. The fourth-order valence-electron chi connectivity index (χ4n) is 2.05. The molecule has 0 bridgehead atoms. The fourth-order valence-corrected chi connectivity index (χ4v) is 2.05. The number of aromatic hydroxyl groups is 1. The molecule has 1 aromatic rings. The Kier molecular flexibility index (Phi) is 6.10. The summed E-state index contributed by atoms with van der Waals surface area (Å²) in [6.07, 6.45) is 0.200. The summed E-state index contributed by atoms with van der Waals surface area (Å²) in [4.78, 5) is 35.4. The molecule has 22 heavy (non-hydrogen) atoms. The number of hydrogen-bond acceptors (Lipinski definition) is 5. The molecule has 0 aliphatic carbocycles. The van der Waals surface area contributed by atoms with Crippen LogP contribution in [-0.4, -0.2) is 34.9 Å². The van der Waals surface area contributed by atoms with Gasteiger partial charge in [-0.3, -0.25) is 9.59 Å². The zero-order chi connectivity index (χ0) is 16.8. The minimum atomic E-state index is -1.24. The van der Waals surface area contributed by atoms with Gasteiger partial charge in [-0.1, -0.05) is 0 Å². The summed E-state index contributed by atoms with van der Waals surface area (Å²) >= 11 is 0. The summed E-state index contributed by atoms with van der Waals surface area (Å²) in [5.41, 5.74) is -0.805. The van der Waals surface area contributed by atoms with E-state index in [1.54, 1.807) is 6.92 Å². The predicted octanol–water partition coefficient (Wildman–Crippen LogP) is 1.81. The lowest BCUT2D eigenvalue weighted by molar-refractivity contribution is -0.152. The summed E-state index contributed by atoms with van der Waals surface area (Å²) < 4.78 is 4.96. The maximum atomic E-state index is 12.1. The molecule has 0 saturated heterocycles. The Balaban J connectivity index is 2.78. The van der Waals surface area contributed by atoms with Crippen LogP contribution in [0.15, 0.2) is 24.3 Å². The second kappa shape index (κ2) is 7.59. The van der Waals surface area contributed by atoms with Gasteiger partial charge in [0.2, 0.25) is 5.91 Å². The van der Waals surface area contributed by atoms with Crippen molar-refractivity contribution in [1.82, 2.24) is 5.32 Å². The third-order valence-electron chi connectivity index (χ3n) is 3.22. The Labute approximate surface area is 129 Å². The summed E-state index contributed by atoms with van der Waals surface area (Å²) in [6.45, 7) is 4.71. The zero-order valence-corrected chi connectivity index (χ0v) is 13.0. The third-order valence-corrected chi connectivity index (χ3v) is 3.22. The molecule has 0 fully saturated rings. The van der Waals surface area contributed by atoms with E-state index in [2.05, 4.69) is 5.32 Å². The number of benzene rings is 1. The van der Waals surface area contributed by atoms with Gasteiger partial charge in [0.05, 0.1) is 6.61 Å². The molecule has 1 amide bonds. The predicted molar refractivity (Wildman–Crippen MR) is 80.5 cm³/mol.